The number of nitrogens with zero attached hydrogens (tertiary/aromatic N) is 2. The van der Waals surface area contributed by atoms with Gasteiger partial charge in [0.25, 0.3) is 0 Å². The highest BCUT2D eigenvalue weighted by Crippen LogP contribution is 2.34. The molecule has 1 aromatic carbocycles. The van der Waals surface area contributed by atoms with Crippen LogP contribution in [0.15, 0.2) is 40.7 Å². The van der Waals surface area contributed by atoms with Crippen LogP contribution < -0.4 is 10.6 Å². The second-order valence-corrected chi connectivity index (χ2v) is 5.10. The maximum absolute atomic E-state index is 4.86. The van der Waals surface area contributed by atoms with E-state index in [0.717, 1.165) is 0 Å². The summed E-state index contributed by atoms with van der Waals surface area (Å²) >= 11 is 0. The van der Waals surface area contributed by atoms with Crippen molar-refractivity contribution < 1.29 is 0 Å². The van der Waals surface area contributed by atoms with Crippen LogP contribution in [0.1, 0.15) is 25.7 Å². The zero-order valence-corrected chi connectivity index (χ0v) is 9.95. The summed E-state index contributed by atoms with van der Waals surface area (Å²) in [5.41, 5.74) is 4.31. The molecule has 0 aromatic heterocycles. The van der Waals surface area contributed by atoms with Gasteiger partial charge >= 0.3 is 0 Å². The largest absolute Gasteiger partial charge is 0.373 e. The monoisotopic (exact) mass is 224 g/mol. The lowest BCUT2D eigenvalue weighted by Gasteiger charge is -2.36. The molecule has 1 fully saturated rings. The lowest BCUT2D eigenvalue weighted by atomic mass is 9.95. The predicted molar refractivity (Wildman–Crippen MR) is 67.7 cm³/mol. The topological polar surface area (TPSA) is 15.6 Å². The Labute approximate surface area is 101 Å². The van der Waals surface area contributed by atoms with Crippen LogP contribution in [0.3, 0.4) is 0 Å². The summed E-state index contributed by atoms with van der Waals surface area (Å²) in [5, 5.41) is 2.55. The van der Waals surface area contributed by atoms with Crippen molar-refractivity contribution in [3.63, 3.8) is 0 Å². The molecule has 0 unspecified atom stereocenters. The van der Waals surface area contributed by atoms with E-state index < -0.39 is 0 Å². The fraction of sp³-hybridized carbons (Fsp3) is 0.400. The number of para-hydroxylation sites is 1. The first-order chi connectivity index (χ1) is 8.43. The zero-order chi connectivity index (χ0) is 11.2. The summed E-state index contributed by atoms with van der Waals surface area (Å²) in [6, 6.07) is 8.58. The third-order valence-corrected chi connectivity index (χ3v) is 4.13. The molecule has 1 aromatic rings. The molecule has 2 nitrogen and oxygen atoms in total. The second kappa shape index (κ2) is 3.46. The first kappa shape index (κ1) is 9.46. The summed E-state index contributed by atoms with van der Waals surface area (Å²) in [4.78, 5) is 7.41. The van der Waals surface area contributed by atoms with Gasteiger partial charge in [-0.2, -0.15) is 0 Å². The Bertz CT molecular complexity index is 625. The number of hydrogen-bond acceptors (Lipinski definition) is 2. The molecule has 3 aliphatic heterocycles. The van der Waals surface area contributed by atoms with Crippen molar-refractivity contribution in [1.29, 1.82) is 0 Å². The molecule has 0 bridgehead atoms. The lowest BCUT2D eigenvalue weighted by Crippen LogP contribution is -2.33. The van der Waals surface area contributed by atoms with Crippen LogP contribution in [0, 0.1) is 0 Å². The number of hydrogen-bond donors (Lipinski definition) is 0. The van der Waals surface area contributed by atoms with E-state index in [0.29, 0.717) is 0 Å². The van der Waals surface area contributed by atoms with Crippen molar-refractivity contribution in [2.75, 3.05) is 13.1 Å². The summed E-state index contributed by atoms with van der Waals surface area (Å²) < 4.78 is 0. The molecular formula is C15H16N2. The first-order valence-corrected chi connectivity index (χ1v) is 6.59. The molecular weight excluding hydrogens is 208 g/mol. The van der Waals surface area contributed by atoms with Crippen LogP contribution in [0.4, 0.5) is 0 Å². The van der Waals surface area contributed by atoms with Crippen LogP contribution in [-0.4, -0.2) is 18.0 Å². The number of benzene rings is 1. The van der Waals surface area contributed by atoms with E-state index >= 15 is 0 Å². The van der Waals surface area contributed by atoms with Crippen LogP contribution in [0.2, 0.25) is 0 Å². The van der Waals surface area contributed by atoms with Crippen LogP contribution in [-0.2, 0) is 0 Å². The minimum atomic E-state index is 1.17. The highest BCUT2D eigenvalue weighted by atomic mass is 15.2. The third kappa shape index (κ3) is 1.30. The fourth-order valence-electron chi connectivity index (χ4n) is 3.28. The molecule has 0 spiro atoms. The Morgan fingerprint density at radius 3 is 2.94 bits per heavy atom. The molecule has 0 N–H and O–H groups in total. The van der Waals surface area contributed by atoms with Gasteiger partial charge in [-0.1, -0.05) is 18.2 Å². The van der Waals surface area contributed by atoms with Gasteiger partial charge in [0.15, 0.2) is 0 Å². The van der Waals surface area contributed by atoms with E-state index in [1.165, 1.54) is 66.3 Å². The number of rotatable bonds is 0. The molecule has 2 heteroatoms. The van der Waals surface area contributed by atoms with Crippen LogP contribution in [0.25, 0.3) is 5.57 Å². The van der Waals surface area contributed by atoms with Crippen molar-refractivity contribution in [3.05, 3.63) is 46.2 Å². The smallest absolute Gasteiger partial charge is 0.0867 e. The van der Waals surface area contributed by atoms with Gasteiger partial charge in [-0.3, -0.25) is 0 Å². The SMILES string of the molecule is c1ccc2c(c1)=NC1=C3CCCCN3CCC=21. The molecule has 3 heterocycles. The molecule has 0 aliphatic carbocycles. The van der Waals surface area contributed by atoms with Crippen molar-refractivity contribution in [2.24, 2.45) is 4.99 Å². The predicted octanol–water partition coefficient (Wildman–Crippen LogP) is 1.57. The van der Waals surface area contributed by atoms with Crippen molar-refractivity contribution in [1.82, 2.24) is 4.90 Å². The van der Waals surface area contributed by atoms with E-state index in [9.17, 15) is 0 Å². The Morgan fingerprint density at radius 2 is 1.94 bits per heavy atom. The van der Waals surface area contributed by atoms with Crippen LogP contribution in [0.5, 0.6) is 0 Å². The maximum Gasteiger partial charge on any atom is 0.0867 e. The Kier molecular flexibility index (Phi) is 1.92. The van der Waals surface area contributed by atoms with E-state index in [4.69, 9.17) is 4.99 Å². The van der Waals surface area contributed by atoms with E-state index in [1.54, 1.807) is 0 Å². The summed E-state index contributed by atoms with van der Waals surface area (Å²) in [7, 11) is 0. The molecule has 17 heavy (non-hydrogen) atoms. The highest BCUT2D eigenvalue weighted by molar-refractivity contribution is 5.68. The van der Waals surface area contributed by atoms with Gasteiger partial charge in [0.05, 0.1) is 11.1 Å². The summed E-state index contributed by atoms with van der Waals surface area (Å²) in [6.45, 7) is 2.43. The van der Waals surface area contributed by atoms with Gasteiger partial charge < -0.3 is 4.90 Å². The van der Waals surface area contributed by atoms with Gasteiger partial charge in [0.1, 0.15) is 0 Å². The van der Waals surface area contributed by atoms with Crippen molar-refractivity contribution in [2.45, 2.75) is 25.7 Å². The maximum atomic E-state index is 4.86. The highest BCUT2D eigenvalue weighted by Gasteiger charge is 2.27. The molecule has 4 rings (SSSR count). The standard InChI is InChI=1S/C15H16N2/c1-2-6-13-11(5-1)12-8-10-17-9-4-3-7-14(17)15(12)16-13/h1-2,5-6H,3-4,7-10H2. The quantitative estimate of drug-likeness (QED) is 0.653. The Hall–Kier alpha value is -1.57. The summed E-state index contributed by atoms with van der Waals surface area (Å²) in [6.07, 6.45) is 5.06. The minimum absolute atomic E-state index is 1.17. The van der Waals surface area contributed by atoms with E-state index in [1.807, 2.05) is 0 Å². The van der Waals surface area contributed by atoms with Gasteiger partial charge in [0, 0.05) is 24.0 Å². The first-order valence-electron chi connectivity index (χ1n) is 6.59. The van der Waals surface area contributed by atoms with Gasteiger partial charge in [0.2, 0.25) is 0 Å². The Morgan fingerprint density at radius 1 is 1.00 bits per heavy atom. The minimum Gasteiger partial charge on any atom is -0.373 e. The average Bonchev–Trinajstić information content (AvgIpc) is 2.78. The van der Waals surface area contributed by atoms with Crippen molar-refractivity contribution >= 4 is 5.57 Å². The number of fused-ring (bicyclic) bond motifs is 3. The molecule has 1 saturated heterocycles. The van der Waals surface area contributed by atoms with Crippen molar-refractivity contribution in [3.8, 4) is 0 Å². The second-order valence-electron chi connectivity index (χ2n) is 5.10. The molecule has 86 valence electrons. The van der Waals surface area contributed by atoms with Crippen LogP contribution >= 0.6 is 0 Å². The van der Waals surface area contributed by atoms with Gasteiger partial charge in [-0.25, -0.2) is 4.99 Å². The molecule has 0 atom stereocenters. The summed E-state index contributed by atoms with van der Waals surface area (Å²) in [5.74, 6) is 0. The van der Waals surface area contributed by atoms with E-state index in [-0.39, 0.29) is 0 Å². The number of piperidine rings is 1. The molecule has 0 amide bonds. The molecule has 0 saturated carbocycles. The van der Waals surface area contributed by atoms with Gasteiger partial charge in [-0.05, 0) is 37.3 Å². The Balaban J connectivity index is 2.00. The molecule has 3 aliphatic rings. The fourth-order valence-corrected chi connectivity index (χ4v) is 3.28. The lowest BCUT2D eigenvalue weighted by molar-refractivity contribution is 0.286. The average molecular weight is 224 g/mol. The van der Waals surface area contributed by atoms with E-state index in [2.05, 4.69) is 29.2 Å². The zero-order valence-electron chi connectivity index (χ0n) is 9.95. The van der Waals surface area contributed by atoms with Gasteiger partial charge in [-0.15, -0.1) is 0 Å². The third-order valence-electron chi connectivity index (χ3n) is 4.13. The normalized spacial score (nSPS) is 21.9. The number of allylic oxidation sites excluding steroid dienone is 2. The molecule has 0 radical (unpaired) electrons.